The number of halogens is 1. The molecule has 0 spiro atoms. The zero-order valence-electron chi connectivity index (χ0n) is 10.6. The first-order chi connectivity index (χ1) is 7.33. The van der Waals surface area contributed by atoms with E-state index < -0.39 is 0 Å². The highest BCUT2D eigenvalue weighted by Crippen LogP contribution is 2.11. The van der Waals surface area contributed by atoms with Crippen molar-refractivity contribution in [2.45, 2.75) is 51.9 Å². The summed E-state index contributed by atoms with van der Waals surface area (Å²) < 4.78 is 0. The lowest BCUT2D eigenvalue weighted by Crippen LogP contribution is -3.00. The third-order valence-electron chi connectivity index (χ3n) is 2.76. The van der Waals surface area contributed by atoms with Gasteiger partial charge in [0.15, 0.2) is 0 Å². The van der Waals surface area contributed by atoms with Gasteiger partial charge in [-0.2, -0.15) is 0 Å². The lowest BCUT2D eigenvalue weighted by Gasteiger charge is -2.03. The zero-order valence-corrected chi connectivity index (χ0v) is 11.3. The van der Waals surface area contributed by atoms with Crippen LogP contribution in [0.25, 0.3) is 0 Å². The fraction of sp³-hybridized carbons (Fsp3) is 0.769. The molecule has 0 atom stereocenters. The summed E-state index contributed by atoms with van der Waals surface area (Å²) in [5, 5.41) is 0. The van der Waals surface area contributed by atoms with Crippen LogP contribution in [0.15, 0.2) is 12.4 Å². The van der Waals surface area contributed by atoms with E-state index in [0.717, 1.165) is 6.54 Å². The van der Waals surface area contributed by atoms with Crippen molar-refractivity contribution in [1.82, 2.24) is 9.80 Å². The zero-order chi connectivity index (χ0) is 10.9. The quantitative estimate of drug-likeness (QED) is 0.452. The van der Waals surface area contributed by atoms with Crippen LogP contribution >= 0.6 is 0 Å². The molecule has 3 heteroatoms. The van der Waals surface area contributed by atoms with Crippen molar-refractivity contribution >= 4 is 0 Å². The Kier molecular flexibility index (Phi) is 9.40. The third-order valence-corrected chi connectivity index (χ3v) is 2.76. The Labute approximate surface area is 107 Å². The summed E-state index contributed by atoms with van der Waals surface area (Å²) in [5.74, 6) is 0. The molecule has 16 heavy (non-hydrogen) atoms. The van der Waals surface area contributed by atoms with E-state index in [1.807, 2.05) is 18.1 Å². The van der Waals surface area contributed by atoms with Gasteiger partial charge in [-0.15, -0.1) is 9.80 Å². The fourth-order valence-electron chi connectivity index (χ4n) is 1.81. The highest BCUT2D eigenvalue weighted by Gasteiger charge is 2.26. The van der Waals surface area contributed by atoms with Crippen LogP contribution in [0.5, 0.6) is 0 Å². The Morgan fingerprint density at radius 1 is 0.938 bits per heavy atom. The first kappa shape index (κ1) is 15.5. The van der Waals surface area contributed by atoms with Crippen LogP contribution < -0.4 is 12.4 Å². The molecule has 1 aliphatic rings. The van der Waals surface area contributed by atoms with Crippen LogP contribution in [0.3, 0.4) is 0 Å². The van der Waals surface area contributed by atoms with E-state index in [1.165, 1.54) is 44.9 Å². The van der Waals surface area contributed by atoms with Crippen LogP contribution in [-0.4, -0.2) is 23.4 Å². The van der Waals surface area contributed by atoms with Gasteiger partial charge in [0.05, 0.1) is 26.0 Å². The normalized spacial score (nSPS) is 13.9. The van der Waals surface area contributed by atoms with Gasteiger partial charge in [0, 0.05) is 0 Å². The summed E-state index contributed by atoms with van der Waals surface area (Å²) in [6.07, 6.45) is 13.8. The van der Waals surface area contributed by atoms with Crippen molar-refractivity contribution in [2.24, 2.45) is 0 Å². The summed E-state index contributed by atoms with van der Waals surface area (Å²) in [4.78, 5) is 4.12. The molecule has 2 nitrogen and oxygen atoms in total. The molecule has 0 N–H and O–H groups in total. The van der Waals surface area contributed by atoms with Crippen LogP contribution in [-0.2, 0) is 0 Å². The monoisotopic (exact) mass is 243 g/mol. The van der Waals surface area contributed by atoms with Gasteiger partial charge in [-0.3, -0.25) is 0 Å². The molecule has 0 saturated heterocycles. The number of rotatable bonds is 8. The standard InChI is InChI=1S/C13H24N2.ClH/c1-3-4-5-6-7-8-9-10-15-12-11-14(2)13-15;/h11-12H,3-10H2,1-2H3;1H/q+1;/p-1. The minimum Gasteiger partial charge on any atom is -1.00 e. The summed E-state index contributed by atoms with van der Waals surface area (Å²) in [5.41, 5.74) is 0. The van der Waals surface area contributed by atoms with Crippen molar-refractivity contribution < 1.29 is 12.4 Å². The Bertz CT molecular complexity index is 183. The second-order valence-corrected chi connectivity index (χ2v) is 4.32. The second-order valence-electron chi connectivity index (χ2n) is 4.32. The molecule has 0 unspecified atom stereocenters. The maximum absolute atomic E-state index is 3.22. The highest BCUT2D eigenvalue weighted by molar-refractivity contribution is 4.94. The van der Waals surface area contributed by atoms with Gasteiger partial charge < -0.3 is 12.4 Å². The van der Waals surface area contributed by atoms with E-state index in [9.17, 15) is 0 Å². The lowest BCUT2D eigenvalue weighted by molar-refractivity contribution is -0.00000332. The number of hydrogen-bond acceptors (Lipinski definition) is 2. The van der Waals surface area contributed by atoms with Gasteiger partial charge in [-0.25, -0.2) is 0 Å². The molecule has 1 heterocycles. The predicted molar refractivity (Wildman–Crippen MR) is 64.8 cm³/mol. The van der Waals surface area contributed by atoms with Crippen molar-refractivity contribution in [3.63, 3.8) is 0 Å². The van der Waals surface area contributed by atoms with Crippen molar-refractivity contribution in [3.05, 3.63) is 19.1 Å². The summed E-state index contributed by atoms with van der Waals surface area (Å²) >= 11 is 0. The Balaban J connectivity index is 0.00000225. The van der Waals surface area contributed by atoms with E-state index in [4.69, 9.17) is 0 Å². The molecule has 0 aromatic heterocycles. The van der Waals surface area contributed by atoms with Crippen LogP contribution in [0.2, 0.25) is 0 Å². The third kappa shape index (κ3) is 6.89. The topological polar surface area (TPSA) is 6.48 Å². The van der Waals surface area contributed by atoms with Crippen molar-refractivity contribution in [3.8, 4) is 0 Å². The maximum Gasteiger partial charge on any atom is 0.564 e. The van der Waals surface area contributed by atoms with Gasteiger partial charge >= 0.3 is 6.67 Å². The molecule has 1 radical (unpaired) electrons. The number of hydrogen-bond donors (Lipinski definition) is 0. The Hall–Kier alpha value is -0.500. The molecule has 0 aromatic carbocycles. The minimum absolute atomic E-state index is 0. The summed E-state index contributed by atoms with van der Waals surface area (Å²) in [7, 11) is 2.02. The van der Waals surface area contributed by atoms with Crippen molar-refractivity contribution in [2.75, 3.05) is 13.6 Å². The van der Waals surface area contributed by atoms with Gasteiger partial charge in [0.1, 0.15) is 0 Å². The maximum atomic E-state index is 3.22. The van der Waals surface area contributed by atoms with Gasteiger partial charge in [0.2, 0.25) is 0 Å². The molecular weight excluding hydrogens is 220 g/mol. The minimum atomic E-state index is 0. The average Bonchev–Trinajstić information content (AvgIpc) is 2.63. The van der Waals surface area contributed by atoms with E-state index in [2.05, 4.69) is 24.7 Å². The molecule has 0 aliphatic carbocycles. The van der Waals surface area contributed by atoms with Crippen LogP contribution in [0.1, 0.15) is 51.9 Å². The molecule has 0 saturated carbocycles. The fourth-order valence-corrected chi connectivity index (χ4v) is 1.81. The Morgan fingerprint density at radius 3 is 2.12 bits per heavy atom. The number of nitrogens with zero attached hydrogens (tertiary/aromatic N) is 2. The summed E-state index contributed by atoms with van der Waals surface area (Å²) in [6.45, 7) is 6.61. The average molecular weight is 244 g/mol. The van der Waals surface area contributed by atoms with E-state index in [-0.39, 0.29) is 12.4 Å². The molecule has 1 rings (SSSR count). The Morgan fingerprint density at radius 2 is 1.56 bits per heavy atom. The highest BCUT2D eigenvalue weighted by atomic mass is 35.5. The smallest absolute Gasteiger partial charge is 0.564 e. The molecule has 1 aliphatic heterocycles. The first-order valence-electron chi connectivity index (χ1n) is 6.27. The second kappa shape index (κ2) is 9.71. The van der Waals surface area contributed by atoms with Crippen molar-refractivity contribution in [1.29, 1.82) is 0 Å². The van der Waals surface area contributed by atoms with E-state index in [1.54, 1.807) is 0 Å². The molecule has 0 aromatic rings. The van der Waals surface area contributed by atoms with E-state index >= 15 is 0 Å². The molecule has 93 valence electrons. The van der Waals surface area contributed by atoms with Gasteiger partial charge in [0.25, 0.3) is 0 Å². The van der Waals surface area contributed by atoms with Gasteiger partial charge in [-0.1, -0.05) is 45.4 Å². The SMILES string of the molecule is CCCCCCCCCN1[C+]N(C)C=C1.[Cl-]. The van der Waals surface area contributed by atoms with Gasteiger partial charge in [-0.05, 0) is 6.42 Å². The van der Waals surface area contributed by atoms with Crippen LogP contribution in [0.4, 0.5) is 0 Å². The molecule has 0 bridgehead atoms. The molecular formula is C13H24ClN2. The first-order valence-corrected chi connectivity index (χ1v) is 6.27. The molecule has 0 amide bonds. The van der Waals surface area contributed by atoms with Crippen LogP contribution in [0, 0.1) is 6.67 Å². The predicted octanol–water partition coefficient (Wildman–Crippen LogP) is 0.456. The number of unbranched alkanes of at least 4 members (excludes halogenated alkanes) is 6. The van der Waals surface area contributed by atoms with E-state index in [0.29, 0.717) is 0 Å². The summed E-state index contributed by atoms with van der Waals surface area (Å²) in [6, 6.07) is 0. The largest absolute Gasteiger partial charge is 1.00 e. The lowest BCUT2D eigenvalue weighted by atomic mass is 10.1. The molecule has 0 fully saturated rings.